The predicted octanol–water partition coefficient (Wildman–Crippen LogP) is 4.04. The summed E-state index contributed by atoms with van der Waals surface area (Å²) < 4.78 is 1.63. The number of aromatic nitrogens is 2. The fourth-order valence-corrected chi connectivity index (χ4v) is 2.77. The number of aryl methyl sites for hydroxylation is 2. The molecule has 1 aromatic heterocycles. The van der Waals surface area contributed by atoms with Crippen LogP contribution >= 0.6 is 11.6 Å². The molecule has 2 aromatic rings. The summed E-state index contributed by atoms with van der Waals surface area (Å²) >= 11 is 6.31. The molecule has 0 saturated carbocycles. The van der Waals surface area contributed by atoms with Gasteiger partial charge in [-0.15, -0.1) is 0 Å². The molecule has 0 radical (unpaired) electrons. The van der Waals surface area contributed by atoms with Gasteiger partial charge in [0.25, 0.3) is 0 Å². The van der Waals surface area contributed by atoms with Crippen molar-refractivity contribution in [3.8, 4) is 0 Å². The minimum absolute atomic E-state index is 0.232. The summed E-state index contributed by atoms with van der Waals surface area (Å²) in [6.07, 6.45) is 0.945. The zero-order valence-corrected chi connectivity index (χ0v) is 13.9. The second-order valence-corrected chi connectivity index (χ2v) is 6.12. The first-order chi connectivity index (χ1) is 9.93. The Labute approximate surface area is 131 Å². The highest BCUT2D eigenvalue weighted by atomic mass is 35.5. The summed E-state index contributed by atoms with van der Waals surface area (Å²) in [6, 6.07) is 8.36. The van der Waals surface area contributed by atoms with Gasteiger partial charge in [-0.1, -0.05) is 56.6 Å². The van der Waals surface area contributed by atoms with E-state index in [0.29, 0.717) is 11.6 Å². The second kappa shape index (κ2) is 6.63. The van der Waals surface area contributed by atoms with Crippen LogP contribution in [0.25, 0.3) is 0 Å². The van der Waals surface area contributed by atoms with E-state index < -0.39 is 6.10 Å². The Kier molecular flexibility index (Phi) is 5.07. The molecule has 0 amide bonds. The molecule has 4 heteroatoms. The summed E-state index contributed by atoms with van der Waals surface area (Å²) in [5.74, 6) is 0.232. The van der Waals surface area contributed by atoms with Crippen LogP contribution in [0.2, 0.25) is 5.15 Å². The molecular formula is C17H23ClN2O. The van der Waals surface area contributed by atoms with Gasteiger partial charge in [0.05, 0.1) is 11.8 Å². The van der Waals surface area contributed by atoms with Crippen LogP contribution in [-0.4, -0.2) is 14.9 Å². The van der Waals surface area contributed by atoms with Crippen molar-refractivity contribution in [2.24, 2.45) is 7.05 Å². The third-order valence-electron chi connectivity index (χ3n) is 3.78. The molecule has 0 aliphatic carbocycles. The topological polar surface area (TPSA) is 38.1 Å². The van der Waals surface area contributed by atoms with Gasteiger partial charge in [0, 0.05) is 19.0 Å². The Hall–Kier alpha value is -1.32. The molecule has 21 heavy (non-hydrogen) atoms. The minimum atomic E-state index is -0.629. The number of hydrogen-bond acceptors (Lipinski definition) is 2. The zero-order chi connectivity index (χ0) is 15.6. The third kappa shape index (κ3) is 3.47. The number of halogens is 1. The second-order valence-electron chi connectivity index (χ2n) is 5.76. The largest absolute Gasteiger partial charge is 0.388 e. The van der Waals surface area contributed by atoms with E-state index in [9.17, 15) is 5.11 Å². The van der Waals surface area contributed by atoms with E-state index in [1.807, 2.05) is 0 Å². The van der Waals surface area contributed by atoms with Crippen LogP contribution in [0.3, 0.4) is 0 Å². The Morgan fingerprint density at radius 3 is 2.29 bits per heavy atom. The van der Waals surface area contributed by atoms with E-state index in [1.165, 1.54) is 5.56 Å². The number of hydrogen-bond donors (Lipinski definition) is 1. The normalized spacial score (nSPS) is 12.9. The molecule has 0 bridgehead atoms. The molecule has 0 aliphatic heterocycles. The van der Waals surface area contributed by atoms with Crippen LogP contribution in [-0.2, 0) is 19.9 Å². The van der Waals surface area contributed by atoms with E-state index >= 15 is 0 Å². The van der Waals surface area contributed by atoms with Gasteiger partial charge in [0.15, 0.2) is 0 Å². The standard InChI is InChI=1S/C17H23ClN2O/c1-5-12-6-8-13(9-7-12)10-14(21)15-16(11(2)3)19-20(4)17(15)18/h6-9,11,14,21H,5,10H2,1-4H3. The van der Waals surface area contributed by atoms with Crippen molar-refractivity contribution in [3.05, 3.63) is 51.8 Å². The van der Waals surface area contributed by atoms with Gasteiger partial charge in [-0.2, -0.15) is 5.10 Å². The molecular weight excluding hydrogens is 284 g/mol. The maximum Gasteiger partial charge on any atom is 0.132 e. The Balaban J connectivity index is 2.25. The van der Waals surface area contributed by atoms with Crippen molar-refractivity contribution >= 4 is 11.6 Å². The average molecular weight is 307 g/mol. The van der Waals surface area contributed by atoms with E-state index in [-0.39, 0.29) is 5.92 Å². The lowest BCUT2D eigenvalue weighted by Gasteiger charge is -2.13. The molecule has 1 heterocycles. The first-order valence-electron chi connectivity index (χ1n) is 7.42. The highest BCUT2D eigenvalue weighted by molar-refractivity contribution is 6.30. The maximum atomic E-state index is 10.6. The van der Waals surface area contributed by atoms with Crippen LogP contribution in [0.15, 0.2) is 24.3 Å². The van der Waals surface area contributed by atoms with Gasteiger partial charge in [0.1, 0.15) is 5.15 Å². The van der Waals surface area contributed by atoms with Gasteiger partial charge < -0.3 is 5.11 Å². The van der Waals surface area contributed by atoms with Crippen LogP contribution in [0.1, 0.15) is 55.2 Å². The molecule has 1 unspecified atom stereocenters. The summed E-state index contributed by atoms with van der Waals surface area (Å²) in [7, 11) is 1.81. The van der Waals surface area contributed by atoms with Crippen LogP contribution in [0.5, 0.6) is 0 Å². The fraction of sp³-hybridized carbons (Fsp3) is 0.471. The van der Waals surface area contributed by atoms with E-state index in [1.54, 1.807) is 11.7 Å². The average Bonchev–Trinajstić information content (AvgIpc) is 2.76. The summed E-state index contributed by atoms with van der Waals surface area (Å²) in [5, 5.41) is 15.5. The monoisotopic (exact) mass is 306 g/mol. The van der Waals surface area contributed by atoms with Gasteiger partial charge in [-0.3, -0.25) is 4.68 Å². The molecule has 0 aliphatic rings. The number of rotatable bonds is 5. The lowest BCUT2D eigenvalue weighted by molar-refractivity contribution is 0.177. The first kappa shape index (κ1) is 16.1. The summed E-state index contributed by atoms with van der Waals surface area (Å²) in [5.41, 5.74) is 4.04. The maximum absolute atomic E-state index is 10.6. The minimum Gasteiger partial charge on any atom is -0.388 e. The number of benzene rings is 1. The van der Waals surface area contributed by atoms with Crippen molar-refractivity contribution in [2.75, 3.05) is 0 Å². The van der Waals surface area contributed by atoms with Gasteiger partial charge in [-0.25, -0.2) is 0 Å². The lowest BCUT2D eigenvalue weighted by Crippen LogP contribution is -2.06. The van der Waals surface area contributed by atoms with Crippen LogP contribution < -0.4 is 0 Å². The molecule has 114 valence electrons. The fourth-order valence-electron chi connectivity index (χ4n) is 2.51. The van der Waals surface area contributed by atoms with Gasteiger partial charge in [-0.05, 0) is 23.5 Å². The molecule has 2 rings (SSSR count). The van der Waals surface area contributed by atoms with Gasteiger partial charge >= 0.3 is 0 Å². The first-order valence-corrected chi connectivity index (χ1v) is 7.80. The third-order valence-corrected chi connectivity index (χ3v) is 4.23. The molecule has 3 nitrogen and oxygen atoms in total. The quantitative estimate of drug-likeness (QED) is 0.905. The van der Waals surface area contributed by atoms with Crippen molar-refractivity contribution in [2.45, 2.75) is 45.6 Å². The number of aliphatic hydroxyl groups is 1. The molecule has 0 saturated heterocycles. The summed E-state index contributed by atoms with van der Waals surface area (Å²) in [6.45, 7) is 6.25. The Morgan fingerprint density at radius 2 is 1.76 bits per heavy atom. The Bertz CT molecular complexity index is 602. The van der Waals surface area contributed by atoms with Crippen LogP contribution in [0.4, 0.5) is 0 Å². The van der Waals surface area contributed by atoms with Crippen molar-refractivity contribution in [1.82, 2.24) is 9.78 Å². The molecule has 0 spiro atoms. The van der Waals surface area contributed by atoms with E-state index in [4.69, 9.17) is 11.6 Å². The smallest absolute Gasteiger partial charge is 0.132 e. The van der Waals surface area contributed by atoms with E-state index in [2.05, 4.69) is 50.1 Å². The lowest BCUT2D eigenvalue weighted by atomic mass is 9.97. The highest BCUT2D eigenvalue weighted by Gasteiger charge is 2.23. The molecule has 1 N–H and O–H groups in total. The summed E-state index contributed by atoms with van der Waals surface area (Å²) in [4.78, 5) is 0. The highest BCUT2D eigenvalue weighted by Crippen LogP contribution is 2.32. The van der Waals surface area contributed by atoms with Crippen molar-refractivity contribution < 1.29 is 5.11 Å². The Morgan fingerprint density at radius 1 is 1.19 bits per heavy atom. The van der Waals surface area contributed by atoms with Crippen LogP contribution in [0, 0.1) is 0 Å². The number of aliphatic hydroxyl groups excluding tert-OH is 1. The van der Waals surface area contributed by atoms with Gasteiger partial charge in [0.2, 0.25) is 0 Å². The van der Waals surface area contributed by atoms with E-state index in [0.717, 1.165) is 23.2 Å². The van der Waals surface area contributed by atoms with Crippen molar-refractivity contribution in [1.29, 1.82) is 0 Å². The molecule has 1 aromatic carbocycles. The predicted molar refractivity (Wildman–Crippen MR) is 86.8 cm³/mol. The zero-order valence-electron chi connectivity index (χ0n) is 13.1. The number of nitrogens with zero attached hydrogens (tertiary/aromatic N) is 2. The molecule has 0 fully saturated rings. The van der Waals surface area contributed by atoms with Crippen molar-refractivity contribution in [3.63, 3.8) is 0 Å². The molecule has 1 atom stereocenters. The SMILES string of the molecule is CCc1ccc(CC(O)c2c(C(C)C)nn(C)c2Cl)cc1.